The van der Waals surface area contributed by atoms with Gasteiger partial charge in [-0.05, 0) is 0 Å². The van der Waals surface area contributed by atoms with Crippen molar-refractivity contribution in [2.24, 2.45) is 0 Å². The summed E-state index contributed by atoms with van der Waals surface area (Å²) in [4.78, 5) is 4.12. The van der Waals surface area contributed by atoms with Crippen LogP contribution in [0.2, 0.25) is 0 Å². The number of imidazole rings is 1. The fourth-order valence-corrected chi connectivity index (χ4v) is 1.34. The maximum absolute atomic E-state index is 5.08. The molecule has 4 nitrogen and oxygen atoms in total. The number of hydrogen-bond acceptors (Lipinski definition) is 3. The molecule has 2 rings (SSSR count). The third kappa shape index (κ3) is 0.991. The van der Waals surface area contributed by atoms with Crippen LogP contribution in [0.4, 0.5) is 0 Å². The van der Waals surface area contributed by atoms with Gasteiger partial charge in [0.15, 0.2) is 0 Å². The fraction of sp³-hybridized carbons (Fsp3) is 0.571. The number of nitrogens with zero attached hydrogens (tertiary/aromatic N) is 2. The average molecular weight is 153 g/mol. The summed E-state index contributed by atoms with van der Waals surface area (Å²) in [7, 11) is 1.65. The van der Waals surface area contributed by atoms with Gasteiger partial charge in [0.2, 0.25) is 0 Å². The Morgan fingerprint density at radius 1 is 1.73 bits per heavy atom. The van der Waals surface area contributed by atoms with E-state index in [4.69, 9.17) is 4.74 Å². The van der Waals surface area contributed by atoms with Crippen molar-refractivity contribution in [3.63, 3.8) is 0 Å². The van der Waals surface area contributed by atoms with Crippen molar-refractivity contribution >= 4 is 0 Å². The standard InChI is InChI=1S/C7H11N3O/c1-11-7-9-5-6-4-8-2-3-10(6)7/h5,8H,2-4H2,1H3. The number of fused-ring (bicyclic) bond motifs is 1. The molecule has 1 aromatic heterocycles. The molecule has 0 amide bonds. The van der Waals surface area contributed by atoms with Gasteiger partial charge in [-0.3, -0.25) is 4.57 Å². The van der Waals surface area contributed by atoms with E-state index in [1.165, 1.54) is 5.69 Å². The highest BCUT2D eigenvalue weighted by Crippen LogP contribution is 2.14. The second-order valence-electron chi connectivity index (χ2n) is 2.56. The van der Waals surface area contributed by atoms with Gasteiger partial charge in [0.05, 0.1) is 19.0 Å². The molecule has 0 atom stereocenters. The van der Waals surface area contributed by atoms with Crippen LogP contribution in [0.3, 0.4) is 0 Å². The molecule has 0 bridgehead atoms. The van der Waals surface area contributed by atoms with E-state index in [1.807, 2.05) is 6.20 Å². The summed E-state index contributed by atoms with van der Waals surface area (Å²) in [5.41, 5.74) is 1.20. The number of aromatic nitrogens is 2. The van der Waals surface area contributed by atoms with E-state index in [-0.39, 0.29) is 0 Å². The van der Waals surface area contributed by atoms with E-state index >= 15 is 0 Å². The van der Waals surface area contributed by atoms with Crippen LogP contribution in [-0.2, 0) is 13.1 Å². The molecule has 1 N–H and O–H groups in total. The summed E-state index contributed by atoms with van der Waals surface area (Å²) in [6.07, 6.45) is 1.85. The monoisotopic (exact) mass is 153 g/mol. The number of nitrogens with one attached hydrogen (secondary N) is 1. The molecule has 11 heavy (non-hydrogen) atoms. The second-order valence-corrected chi connectivity index (χ2v) is 2.56. The highest BCUT2D eigenvalue weighted by atomic mass is 16.5. The topological polar surface area (TPSA) is 39.1 Å². The minimum atomic E-state index is 0.724. The van der Waals surface area contributed by atoms with Crippen LogP contribution in [0.25, 0.3) is 0 Å². The maximum Gasteiger partial charge on any atom is 0.296 e. The van der Waals surface area contributed by atoms with Crippen molar-refractivity contribution in [1.29, 1.82) is 0 Å². The van der Waals surface area contributed by atoms with E-state index in [9.17, 15) is 0 Å². The lowest BCUT2D eigenvalue weighted by atomic mass is 10.4. The molecule has 0 saturated carbocycles. The van der Waals surface area contributed by atoms with Gasteiger partial charge in [-0.15, -0.1) is 0 Å². The van der Waals surface area contributed by atoms with Crippen LogP contribution < -0.4 is 10.1 Å². The van der Waals surface area contributed by atoms with Gasteiger partial charge in [0.1, 0.15) is 0 Å². The van der Waals surface area contributed by atoms with Gasteiger partial charge >= 0.3 is 0 Å². The smallest absolute Gasteiger partial charge is 0.296 e. The minimum Gasteiger partial charge on any atom is -0.468 e. The lowest BCUT2D eigenvalue weighted by Gasteiger charge is -2.16. The summed E-state index contributed by atoms with van der Waals surface area (Å²) in [6, 6.07) is 0.724. The summed E-state index contributed by atoms with van der Waals surface area (Å²) in [6.45, 7) is 2.86. The molecular weight excluding hydrogens is 142 g/mol. The molecule has 1 aliphatic heterocycles. The Bertz CT molecular complexity index is 243. The molecular formula is C7H11N3O. The molecule has 0 fully saturated rings. The predicted molar refractivity (Wildman–Crippen MR) is 40.5 cm³/mol. The van der Waals surface area contributed by atoms with Gasteiger partial charge in [0, 0.05) is 19.6 Å². The second kappa shape index (κ2) is 2.54. The Morgan fingerprint density at radius 3 is 3.45 bits per heavy atom. The maximum atomic E-state index is 5.08. The highest BCUT2D eigenvalue weighted by Gasteiger charge is 2.12. The first-order valence-electron chi connectivity index (χ1n) is 3.71. The van der Waals surface area contributed by atoms with Crippen LogP contribution >= 0.6 is 0 Å². The quantitative estimate of drug-likeness (QED) is 0.617. The third-order valence-corrected chi connectivity index (χ3v) is 1.90. The average Bonchev–Trinajstić information content (AvgIpc) is 2.47. The van der Waals surface area contributed by atoms with Gasteiger partial charge in [-0.2, -0.15) is 0 Å². The van der Waals surface area contributed by atoms with E-state index in [1.54, 1.807) is 7.11 Å². The SMILES string of the molecule is COc1ncc2n1CCNC2. The van der Waals surface area contributed by atoms with Crippen LogP contribution in [0.5, 0.6) is 6.01 Å². The number of hydrogen-bond donors (Lipinski definition) is 1. The summed E-state index contributed by atoms with van der Waals surface area (Å²) in [5.74, 6) is 0. The van der Waals surface area contributed by atoms with E-state index in [2.05, 4.69) is 14.9 Å². The molecule has 1 aromatic rings. The predicted octanol–water partition coefficient (Wildman–Crippen LogP) is -0.00510. The Morgan fingerprint density at radius 2 is 2.64 bits per heavy atom. The zero-order chi connectivity index (χ0) is 7.68. The van der Waals surface area contributed by atoms with Crippen molar-refractivity contribution in [2.75, 3.05) is 13.7 Å². The van der Waals surface area contributed by atoms with Crippen LogP contribution in [0.1, 0.15) is 5.69 Å². The number of ether oxygens (including phenoxy) is 1. The molecule has 4 heteroatoms. The first kappa shape index (κ1) is 6.67. The largest absolute Gasteiger partial charge is 0.468 e. The molecule has 0 unspecified atom stereocenters. The van der Waals surface area contributed by atoms with Crippen LogP contribution in [0, 0.1) is 0 Å². The van der Waals surface area contributed by atoms with Gasteiger partial charge in [-0.1, -0.05) is 0 Å². The van der Waals surface area contributed by atoms with Crippen molar-refractivity contribution in [2.45, 2.75) is 13.1 Å². The van der Waals surface area contributed by atoms with Crippen molar-refractivity contribution in [1.82, 2.24) is 14.9 Å². The number of rotatable bonds is 1. The van der Waals surface area contributed by atoms with E-state index < -0.39 is 0 Å². The zero-order valence-electron chi connectivity index (χ0n) is 6.50. The zero-order valence-corrected chi connectivity index (χ0v) is 6.50. The summed E-state index contributed by atoms with van der Waals surface area (Å²) in [5, 5.41) is 3.26. The molecule has 2 heterocycles. The molecule has 1 aliphatic rings. The molecule has 60 valence electrons. The molecule has 0 saturated heterocycles. The van der Waals surface area contributed by atoms with Crippen molar-refractivity contribution < 1.29 is 4.74 Å². The highest BCUT2D eigenvalue weighted by molar-refractivity contribution is 5.11. The summed E-state index contributed by atoms with van der Waals surface area (Å²) >= 11 is 0. The van der Waals surface area contributed by atoms with E-state index in [0.717, 1.165) is 25.6 Å². The molecule has 0 aliphatic carbocycles. The first-order valence-corrected chi connectivity index (χ1v) is 3.71. The Labute approximate surface area is 65.2 Å². The molecule has 0 radical (unpaired) electrons. The molecule has 0 spiro atoms. The van der Waals surface area contributed by atoms with Crippen LogP contribution in [-0.4, -0.2) is 23.2 Å². The lowest BCUT2D eigenvalue weighted by Crippen LogP contribution is -2.27. The normalized spacial score (nSPS) is 16.1. The van der Waals surface area contributed by atoms with Crippen molar-refractivity contribution in [3.8, 4) is 6.01 Å². The van der Waals surface area contributed by atoms with E-state index in [0.29, 0.717) is 0 Å². The van der Waals surface area contributed by atoms with Gasteiger partial charge < -0.3 is 10.1 Å². The Balaban J connectivity index is 2.38. The van der Waals surface area contributed by atoms with Gasteiger partial charge in [-0.25, -0.2) is 4.98 Å². The van der Waals surface area contributed by atoms with Crippen LogP contribution in [0.15, 0.2) is 6.20 Å². The first-order chi connectivity index (χ1) is 5.42. The molecule has 0 aromatic carbocycles. The minimum absolute atomic E-state index is 0.724. The Kier molecular flexibility index (Phi) is 1.54. The summed E-state index contributed by atoms with van der Waals surface area (Å²) < 4.78 is 7.17. The van der Waals surface area contributed by atoms with Gasteiger partial charge in [0.25, 0.3) is 6.01 Å². The fourth-order valence-electron chi connectivity index (χ4n) is 1.34. The third-order valence-electron chi connectivity index (χ3n) is 1.90. The Hall–Kier alpha value is -1.03. The van der Waals surface area contributed by atoms with Crippen molar-refractivity contribution in [3.05, 3.63) is 11.9 Å². The lowest BCUT2D eigenvalue weighted by molar-refractivity contribution is 0.344. The number of methoxy groups -OCH3 is 1.